The van der Waals surface area contributed by atoms with Gasteiger partial charge in [-0.3, -0.25) is 0 Å². The second-order valence-electron chi connectivity index (χ2n) is 5.21. The molecule has 0 saturated carbocycles. The number of benzene rings is 3. The predicted molar refractivity (Wildman–Crippen MR) is 101 cm³/mol. The molecule has 0 radical (unpaired) electrons. The van der Waals surface area contributed by atoms with Gasteiger partial charge >= 0.3 is 0 Å². The third-order valence-electron chi connectivity index (χ3n) is 3.57. The van der Waals surface area contributed by atoms with E-state index in [2.05, 4.69) is 5.32 Å². The zero-order valence-corrected chi connectivity index (χ0v) is 14.9. The summed E-state index contributed by atoms with van der Waals surface area (Å²) in [5, 5.41) is 21.8. The van der Waals surface area contributed by atoms with E-state index in [4.69, 9.17) is 11.6 Å². The molecule has 26 heavy (non-hydrogen) atoms. The van der Waals surface area contributed by atoms with Gasteiger partial charge in [-0.2, -0.15) is 10.5 Å². The molecular weight excluding hydrogens is 369 g/mol. The highest BCUT2D eigenvalue weighted by Crippen LogP contribution is 2.44. The van der Waals surface area contributed by atoms with Gasteiger partial charge in [0.25, 0.3) is 0 Å². The highest BCUT2D eigenvalue weighted by molar-refractivity contribution is 7.99. The van der Waals surface area contributed by atoms with Gasteiger partial charge in [0, 0.05) is 10.6 Å². The van der Waals surface area contributed by atoms with E-state index in [-0.39, 0.29) is 16.1 Å². The molecule has 0 heterocycles. The number of hydrogen-bond acceptors (Lipinski definition) is 4. The molecular formula is C20H11ClFN3S. The molecule has 0 spiro atoms. The summed E-state index contributed by atoms with van der Waals surface area (Å²) in [7, 11) is 0. The third-order valence-corrected chi connectivity index (χ3v) is 5.16. The summed E-state index contributed by atoms with van der Waals surface area (Å²) < 4.78 is 14.6. The van der Waals surface area contributed by atoms with Crippen LogP contribution in [-0.2, 0) is 0 Å². The van der Waals surface area contributed by atoms with E-state index in [9.17, 15) is 14.9 Å². The Morgan fingerprint density at radius 1 is 0.885 bits per heavy atom. The van der Waals surface area contributed by atoms with Crippen molar-refractivity contribution in [3.63, 3.8) is 0 Å². The van der Waals surface area contributed by atoms with Gasteiger partial charge in [0.1, 0.15) is 17.7 Å². The Hall–Kier alpha value is -2.99. The second-order valence-corrected chi connectivity index (χ2v) is 6.67. The van der Waals surface area contributed by atoms with E-state index in [0.717, 1.165) is 4.90 Å². The van der Waals surface area contributed by atoms with Crippen molar-refractivity contribution < 1.29 is 4.39 Å². The molecule has 0 fully saturated rings. The van der Waals surface area contributed by atoms with Crippen LogP contribution in [-0.4, -0.2) is 0 Å². The summed E-state index contributed by atoms with van der Waals surface area (Å²) in [6.45, 7) is 0. The Morgan fingerprint density at radius 2 is 1.46 bits per heavy atom. The molecule has 6 heteroatoms. The molecule has 126 valence electrons. The smallest absolute Gasteiger partial charge is 0.162 e. The van der Waals surface area contributed by atoms with E-state index in [1.807, 2.05) is 54.6 Å². The Balaban J connectivity index is 2.22. The Morgan fingerprint density at radius 3 is 2.04 bits per heavy atom. The molecule has 0 aliphatic carbocycles. The minimum Gasteiger partial charge on any atom is -0.353 e. The van der Waals surface area contributed by atoms with Crippen molar-refractivity contribution in [2.45, 2.75) is 9.79 Å². The van der Waals surface area contributed by atoms with Crippen LogP contribution in [0.2, 0.25) is 5.02 Å². The van der Waals surface area contributed by atoms with E-state index in [1.54, 1.807) is 18.2 Å². The van der Waals surface area contributed by atoms with E-state index in [1.165, 1.54) is 11.8 Å². The van der Waals surface area contributed by atoms with Crippen LogP contribution in [0.15, 0.2) is 70.5 Å². The van der Waals surface area contributed by atoms with Crippen LogP contribution in [0.25, 0.3) is 0 Å². The zero-order chi connectivity index (χ0) is 18.5. The average molecular weight is 380 g/mol. The fourth-order valence-corrected chi connectivity index (χ4v) is 3.64. The first kappa shape index (κ1) is 17.8. The van der Waals surface area contributed by atoms with Gasteiger partial charge in [-0.15, -0.1) is 0 Å². The quantitative estimate of drug-likeness (QED) is 0.593. The summed E-state index contributed by atoms with van der Waals surface area (Å²) in [5.41, 5.74) is 0.575. The molecule has 0 saturated heterocycles. The number of halogens is 2. The molecule has 0 aromatic heterocycles. The van der Waals surface area contributed by atoms with Crippen molar-refractivity contribution in [1.29, 1.82) is 10.5 Å². The molecule has 0 unspecified atom stereocenters. The lowest BCUT2D eigenvalue weighted by molar-refractivity contribution is 0.620. The Bertz CT molecular complexity index is 1030. The molecule has 0 amide bonds. The molecule has 0 aliphatic heterocycles. The first-order valence-corrected chi connectivity index (χ1v) is 8.75. The minimum absolute atomic E-state index is 0.0725. The predicted octanol–water partition coefficient (Wildman–Crippen LogP) is 6.12. The van der Waals surface area contributed by atoms with Crippen LogP contribution in [0.3, 0.4) is 0 Å². The Kier molecular flexibility index (Phi) is 5.43. The van der Waals surface area contributed by atoms with Crippen molar-refractivity contribution in [2.75, 3.05) is 5.32 Å². The highest BCUT2D eigenvalue weighted by atomic mass is 35.5. The number of nitriles is 2. The zero-order valence-electron chi connectivity index (χ0n) is 13.3. The van der Waals surface area contributed by atoms with Crippen LogP contribution < -0.4 is 5.32 Å². The van der Waals surface area contributed by atoms with Crippen molar-refractivity contribution in [3.05, 3.63) is 82.6 Å². The van der Waals surface area contributed by atoms with Gasteiger partial charge in [0.15, 0.2) is 5.82 Å². The monoisotopic (exact) mass is 379 g/mol. The standard InChI is InChI=1S/C20H11ClFN3S/c21-17-18(22)15(11-23)16(12-24)19(25-13-7-3-1-4-8-13)20(17)26-14-9-5-2-6-10-14/h1-10,25H. The van der Waals surface area contributed by atoms with Gasteiger partial charge in [-0.25, -0.2) is 4.39 Å². The molecule has 1 N–H and O–H groups in total. The molecule has 3 aromatic carbocycles. The maximum atomic E-state index is 14.6. The maximum absolute atomic E-state index is 14.6. The van der Waals surface area contributed by atoms with Gasteiger partial charge in [-0.1, -0.05) is 59.8 Å². The molecule has 3 nitrogen and oxygen atoms in total. The van der Waals surface area contributed by atoms with Gasteiger partial charge in [0.05, 0.1) is 21.2 Å². The lowest BCUT2D eigenvalue weighted by Crippen LogP contribution is -2.02. The van der Waals surface area contributed by atoms with Crippen LogP contribution in [0.1, 0.15) is 11.1 Å². The molecule has 0 bridgehead atoms. The lowest BCUT2D eigenvalue weighted by Gasteiger charge is -2.17. The van der Waals surface area contributed by atoms with Gasteiger partial charge in [-0.05, 0) is 24.3 Å². The second kappa shape index (κ2) is 7.93. The Labute approximate surface area is 159 Å². The number of hydrogen-bond donors (Lipinski definition) is 1. The number of anilines is 2. The molecule has 3 aromatic rings. The largest absolute Gasteiger partial charge is 0.353 e. The molecule has 0 aliphatic rings. The van der Waals surface area contributed by atoms with E-state index >= 15 is 0 Å². The fourth-order valence-electron chi connectivity index (χ4n) is 2.37. The minimum atomic E-state index is -0.886. The van der Waals surface area contributed by atoms with Crippen LogP contribution in [0.5, 0.6) is 0 Å². The topological polar surface area (TPSA) is 59.6 Å². The third kappa shape index (κ3) is 3.50. The van der Waals surface area contributed by atoms with Crippen LogP contribution in [0.4, 0.5) is 15.8 Å². The van der Waals surface area contributed by atoms with Crippen molar-refractivity contribution in [2.24, 2.45) is 0 Å². The van der Waals surface area contributed by atoms with Crippen LogP contribution in [0, 0.1) is 28.5 Å². The number of nitrogens with one attached hydrogen (secondary N) is 1. The highest BCUT2D eigenvalue weighted by Gasteiger charge is 2.24. The molecule has 3 rings (SSSR count). The summed E-state index contributed by atoms with van der Waals surface area (Å²) in [4.78, 5) is 1.19. The number of nitrogens with zero attached hydrogens (tertiary/aromatic N) is 2. The SMILES string of the molecule is N#Cc1c(F)c(Cl)c(Sc2ccccc2)c(Nc2ccccc2)c1C#N. The van der Waals surface area contributed by atoms with E-state index < -0.39 is 5.82 Å². The van der Waals surface area contributed by atoms with Crippen molar-refractivity contribution in [1.82, 2.24) is 0 Å². The summed E-state index contributed by atoms with van der Waals surface area (Å²) in [6.07, 6.45) is 0. The summed E-state index contributed by atoms with van der Waals surface area (Å²) in [5.74, 6) is -0.886. The number of para-hydroxylation sites is 1. The first-order chi connectivity index (χ1) is 12.7. The van der Waals surface area contributed by atoms with Gasteiger partial charge < -0.3 is 5.32 Å². The average Bonchev–Trinajstić information content (AvgIpc) is 2.68. The summed E-state index contributed by atoms with van der Waals surface area (Å²) in [6, 6.07) is 22.1. The summed E-state index contributed by atoms with van der Waals surface area (Å²) >= 11 is 7.46. The number of rotatable bonds is 4. The van der Waals surface area contributed by atoms with Crippen LogP contribution >= 0.6 is 23.4 Å². The fraction of sp³-hybridized carbons (Fsp3) is 0. The van der Waals surface area contributed by atoms with E-state index in [0.29, 0.717) is 16.3 Å². The first-order valence-electron chi connectivity index (χ1n) is 7.55. The normalized spacial score (nSPS) is 10.0. The van der Waals surface area contributed by atoms with Gasteiger partial charge in [0.2, 0.25) is 0 Å². The lowest BCUT2D eigenvalue weighted by atomic mass is 10.1. The van der Waals surface area contributed by atoms with Crippen molar-refractivity contribution in [3.8, 4) is 12.1 Å². The maximum Gasteiger partial charge on any atom is 0.162 e. The van der Waals surface area contributed by atoms with Crippen molar-refractivity contribution >= 4 is 34.7 Å². The molecule has 0 atom stereocenters.